The van der Waals surface area contributed by atoms with Gasteiger partial charge >= 0.3 is 0 Å². The van der Waals surface area contributed by atoms with E-state index in [0.717, 1.165) is 19.3 Å². The highest BCUT2D eigenvalue weighted by Crippen LogP contribution is 2.25. The largest absolute Gasteiger partial charge is 0.396 e. The second kappa shape index (κ2) is 15.7. The Morgan fingerprint density at radius 2 is 1.12 bits per heavy atom. The lowest BCUT2D eigenvalue weighted by atomic mass is 9.78. The van der Waals surface area contributed by atoms with Gasteiger partial charge in [0.2, 0.25) is 0 Å². The molecule has 25 heavy (non-hydrogen) atoms. The topological polar surface area (TPSA) is 98.0 Å². The molecule has 0 heterocycles. The van der Waals surface area contributed by atoms with Crippen molar-refractivity contribution in [1.82, 2.24) is 0 Å². The molecule has 1 atom stereocenters. The van der Waals surface area contributed by atoms with Gasteiger partial charge in [0.1, 0.15) is 0 Å². The second-order valence-corrected chi connectivity index (χ2v) is 7.32. The average Bonchev–Trinajstić information content (AvgIpc) is 2.64. The fourth-order valence-corrected chi connectivity index (χ4v) is 3.18. The van der Waals surface area contributed by atoms with E-state index >= 15 is 0 Å². The van der Waals surface area contributed by atoms with Crippen molar-refractivity contribution in [2.45, 2.75) is 84.0 Å². The summed E-state index contributed by atoms with van der Waals surface area (Å²) in [6.07, 6.45) is 13.9. The van der Waals surface area contributed by atoms with Crippen molar-refractivity contribution in [1.29, 1.82) is 0 Å². The summed E-state index contributed by atoms with van der Waals surface area (Å²) >= 11 is 0. The third kappa shape index (κ3) is 9.69. The number of ketones is 1. The molecular weight excluding hydrogens is 320 g/mol. The number of hydrogen-bond acceptors (Lipinski definition) is 5. The molecule has 0 aromatic rings. The summed E-state index contributed by atoms with van der Waals surface area (Å²) in [6, 6.07) is 0. The highest BCUT2D eigenvalue weighted by atomic mass is 16.3. The van der Waals surface area contributed by atoms with Gasteiger partial charge in [-0.3, -0.25) is 4.79 Å². The number of carbonyl (C=O) groups excluding carboxylic acids is 1. The third-order valence-electron chi connectivity index (χ3n) is 5.18. The molecule has 0 aromatic heterocycles. The van der Waals surface area contributed by atoms with Crippen LogP contribution in [0.15, 0.2) is 0 Å². The smallest absolute Gasteiger partial charge is 0.151 e. The summed E-state index contributed by atoms with van der Waals surface area (Å²) in [7, 11) is 0. The molecule has 0 aliphatic heterocycles. The van der Waals surface area contributed by atoms with Crippen LogP contribution >= 0.6 is 0 Å². The molecule has 0 fully saturated rings. The first kappa shape index (κ1) is 24.5. The van der Waals surface area contributed by atoms with Gasteiger partial charge in [-0.05, 0) is 6.42 Å². The highest BCUT2D eigenvalue weighted by molar-refractivity contribution is 5.87. The maximum absolute atomic E-state index is 12.4. The summed E-state index contributed by atoms with van der Waals surface area (Å²) in [5.74, 6) is -1.06. The maximum atomic E-state index is 12.4. The van der Waals surface area contributed by atoms with Crippen LogP contribution in [0.25, 0.3) is 0 Å². The van der Waals surface area contributed by atoms with Gasteiger partial charge in [-0.1, -0.05) is 77.6 Å². The summed E-state index contributed by atoms with van der Waals surface area (Å²) in [4.78, 5) is 12.4. The van der Waals surface area contributed by atoms with Crippen LogP contribution in [0.1, 0.15) is 84.0 Å². The Bertz CT molecular complexity index is 307. The fraction of sp³-hybridized carbons (Fsp3) is 0.950. The van der Waals surface area contributed by atoms with E-state index in [0.29, 0.717) is 6.42 Å². The molecule has 150 valence electrons. The van der Waals surface area contributed by atoms with Crippen molar-refractivity contribution in [2.24, 2.45) is 11.3 Å². The van der Waals surface area contributed by atoms with Crippen molar-refractivity contribution < 1.29 is 25.2 Å². The molecular formula is C20H40O5. The summed E-state index contributed by atoms with van der Waals surface area (Å²) in [5, 5.41) is 37.4. The third-order valence-corrected chi connectivity index (χ3v) is 5.18. The Balaban J connectivity index is 3.85. The van der Waals surface area contributed by atoms with Gasteiger partial charge in [0.25, 0.3) is 0 Å². The van der Waals surface area contributed by atoms with Crippen LogP contribution in [-0.2, 0) is 4.79 Å². The van der Waals surface area contributed by atoms with Crippen LogP contribution in [0, 0.1) is 11.3 Å². The van der Waals surface area contributed by atoms with Gasteiger partial charge in [0.15, 0.2) is 5.78 Å². The lowest BCUT2D eigenvalue weighted by Gasteiger charge is -2.29. The Kier molecular flexibility index (Phi) is 15.4. The van der Waals surface area contributed by atoms with Crippen molar-refractivity contribution in [3.05, 3.63) is 0 Å². The molecule has 0 aliphatic rings. The SMILES string of the molecule is CCCCCCCCCCCCCC(CO)C(=O)C(CO)(CO)CO. The van der Waals surface area contributed by atoms with E-state index in [1.165, 1.54) is 51.4 Å². The van der Waals surface area contributed by atoms with E-state index in [4.69, 9.17) is 0 Å². The normalized spacial score (nSPS) is 13.2. The number of hydrogen-bond donors (Lipinski definition) is 4. The van der Waals surface area contributed by atoms with Crippen LogP contribution in [0.2, 0.25) is 0 Å². The molecule has 0 spiro atoms. The average molecular weight is 361 g/mol. The number of aliphatic hydroxyl groups is 4. The first-order valence-corrected chi connectivity index (χ1v) is 10.1. The standard InChI is InChI=1S/C20H40O5/c1-2-3-4-5-6-7-8-9-10-11-12-13-18(14-21)19(25)20(15-22,16-23)17-24/h18,21-24H,2-17H2,1H3. The van der Waals surface area contributed by atoms with Crippen LogP contribution in [0.4, 0.5) is 0 Å². The van der Waals surface area contributed by atoms with E-state index in [1.807, 2.05) is 0 Å². The minimum atomic E-state index is -1.54. The van der Waals surface area contributed by atoms with Crippen molar-refractivity contribution >= 4 is 5.78 Å². The first-order chi connectivity index (χ1) is 12.1. The minimum Gasteiger partial charge on any atom is -0.396 e. The van der Waals surface area contributed by atoms with Gasteiger partial charge in [-0.15, -0.1) is 0 Å². The monoisotopic (exact) mass is 360 g/mol. The molecule has 4 N–H and O–H groups in total. The van der Waals surface area contributed by atoms with Crippen LogP contribution in [0.5, 0.6) is 0 Å². The predicted molar refractivity (Wildman–Crippen MR) is 100 cm³/mol. The first-order valence-electron chi connectivity index (χ1n) is 10.1. The molecule has 0 aliphatic carbocycles. The Morgan fingerprint density at radius 1 is 0.720 bits per heavy atom. The van der Waals surface area contributed by atoms with Gasteiger partial charge in [-0.2, -0.15) is 0 Å². The number of aliphatic hydroxyl groups excluding tert-OH is 4. The molecule has 5 heteroatoms. The molecule has 5 nitrogen and oxygen atoms in total. The van der Waals surface area contributed by atoms with Crippen molar-refractivity contribution in [2.75, 3.05) is 26.4 Å². The molecule has 0 rings (SSSR count). The molecule has 0 amide bonds. The highest BCUT2D eigenvalue weighted by Gasteiger charge is 2.40. The predicted octanol–water partition coefficient (Wildman–Crippen LogP) is 2.83. The zero-order valence-electron chi connectivity index (χ0n) is 16.1. The van der Waals surface area contributed by atoms with Crippen LogP contribution < -0.4 is 0 Å². The Labute approximate surface area is 153 Å². The lowest BCUT2D eigenvalue weighted by Crippen LogP contribution is -2.46. The lowest BCUT2D eigenvalue weighted by molar-refractivity contribution is -0.143. The number of unbranched alkanes of at least 4 members (excludes halogenated alkanes) is 10. The fourth-order valence-electron chi connectivity index (χ4n) is 3.18. The Morgan fingerprint density at radius 3 is 1.48 bits per heavy atom. The number of carbonyl (C=O) groups is 1. The maximum Gasteiger partial charge on any atom is 0.151 e. The van der Waals surface area contributed by atoms with E-state index in [2.05, 4.69) is 6.92 Å². The number of rotatable bonds is 18. The van der Waals surface area contributed by atoms with Gasteiger partial charge in [0.05, 0.1) is 31.8 Å². The summed E-state index contributed by atoms with van der Waals surface area (Å²) in [6.45, 7) is 0.111. The Hall–Kier alpha value is -0.490. The van der Waals surface area contributed by atoms with Crippen molar-refractivity contribution in [3.8, 4) is 0 Å². The van der Waals surface area contributed by atoms with Gasteiger partial charge in [0, 0.05) is 5.92 Å². The van der Waals surface area contributed by atoms with E-state index in [9.17, 15) is 25.2 Å². The molecule has 0 bridgehead atoms. The molecule has 0 saturated carbocycles. The summed E-state index contributed by atoms with van der Waals surface area (Å²) < 4.78 is 0. The molecule has 0 radical (unpaired) electrons. The van der Waals surface area contributed by atoms with Crippen molar-refractivity contribution in [3.63, 3.8) is 0 Å². The van der Waals surface area contributed by atoms with Crippen LogP contribution in [0.3, 0.4) is 0 Å². The quantitative estimate of drug-likeness (QED) is 0.282. The zero-order valence-corrected chi connectivity index (χ0v) is 16.1. The van der Waals surface area contributed by atoms with Gasteiger partial charge < -0.3 is 20.4 Å². The molecule has 0 aromatic carbocycles. The van der Waals surface area contributed by atoms with Gasteiger partial charge in [-0.25, -0.2) is 0 Å². The molecule has 1 unspecified atom stereocenters. The number of Topliss-reactive ketones (excluding diaryl/α,β-unsaturated/α-hetero) is 1. The second-order valence-electron chi connectivity index (χ2n) is 7.32. The van der Waals surface area contributed by atoms with Crippen LogP contribution in [-0.4, -0.2) is 52.6 Å². The minimum absolute atomic E-state index is 0.307. The van der Waals surface area contributed by atoms with E-state index < -0.39 is 36.9 Å². The van der Waals surface area contributed by atoms with E-state index in [1.54, 1.807) is 0 Å². The zero-order chi connectivity index (χ0) is 19.0. The van der Waals surface area contributed by atoms with E-state index in [-0.39, 0.29) is 6.61 Å². The molecule has 0 saturated heterocycles. The summed E-state index contributed by atoms with van der Waals surface area (Å²) in [5.41, 5.74) is -1.54.